The van der Waals surface area contributed by atoms with Crippen LogP contribution in [0.1, 0.15) is 43.7 Å². The molecule has 0 amide bonds. The maximum Gasteiger partial charge on any atom is 0.242 e. The van der Waals surface area contributed by atoms with Crippen LogP contribution in [-0.4, -0.2) is 9.76 Å². The van der Waals surface area contributed by atoms with Gasteiger partial charge in [0.1, 0.15) is 0 Å². The third kappa shape index (κ3) is 2.70. The molecule has 1 unspecified atom stereocenters. The van der Waals surface area contributed by atoms with E-state index in [4.69, 9.17) is 10.8 Å². The van der Waals surface area contributed by atoms with Crippen molar-refractivity contribution in [2.75, 3.05) is 0 Å². The SMILES string of the molecule is C#CO[SiH2]C1(C)CCCCC1(c1ccccc1)c1ccccc1. The van der Waals surface area contributed by atoms with Crippen LogP contribution in [0, 0.1) is 12.5 Å². The van der Waals surface area contributed by atoms with Gasteiger partial charge in [-0.05, 0) is 24.0 Å². The molecule has 1 fully saturated rings. The molecule has 2 aromatic rings. The zero-order valence-corrected chi connectivity index (χ0v) is 15.2. The van der Waals surface area contributed by atoms with Crippen LogP contribution in [0.2, 0.25) is 5.04 Å². The van der Waals surface area contributed by atoms with Gasteiger partial charge in [0, 0.05) is 10.5 Å². The van der Waals surface area contributed by atoms with Gasteiger partial charge in [0.2, 0.25) is 9.76 Å². The van der Waals surface area contributed by atoms with Gasteiger partial charge in [-0.15, -0.1) is 0 Å². The van der Waals surface area contributed by atoms with E-state index in [0.717, 1.165) is 0 Å². The molecule has 0 N–H and O–H groups in total. The zero-order chi connectivity index (χ0) is 16.2. The Bertz CT molecular complexity index is 634. The van der Waals surface area contributed by atoms with E-state index in [1.54, 1.807) is 0 Å². The summed E-state index contributed by atoms with van der Waals surface area (Å²) >= 11 is 0. The molecule has 1 atom stereocenters. The summed E-state index contributed by atoms with van der Waals surface area (Å²) in [5, 5.41) is 0.125. The second-order valence-electron chi connectivity index (χ2n) is 6.81. The molecule has 2 aromatic carbocycles. The van der Waals surface area contributed by atoms with Gasteiger partial charge in [-0.1, -0.05) is 86.9 Å². The van der Waals surface area contributed by atoms with Crippen LogP contribution >= 0.6 is 0 Å². The summed E-state index contributed by atoms with van der Waals surface area (Å²) in [6.45, 7) is 2.40. The van der Waals surface area contributed by atoms with Crippen LogP contribution in [0.3, 0.4) is 0 Å². The van der Waals surface area contributed by atoms with E-state index in [0.29, 0.717) is 0 Å². The lowest BCUT2D eigenvalue weighted by molar-refractivity contribution is 0.242. The van der Waals surface area contributed by atoms with Crippen molar-refractivity contribution in [3.05, 3.63) is 71.8 Å². The monoisotopic (exact) mass is 320 g/mol. The molecular formula is C21H24OSi. The van der Waals surface area contributed by atoms with Crippen molar-refractivity contribution < 1.29 is 4.43 Å². The van der Waals surface area contributed by atoms with E-state index in [1.165, 1.54) is 36.8 Å². The number of hydrogen-bond acceptors (Lipinski definition) is 1. The number of rotatable bonds is 4. The van der Waals surface area contributed by atoms with Gasteiger partial charge in [-0.3, -0.25) is 0 Å². The molecule has 2 heteroatoms. The normalized spacial score (nSPS) is 23.5. The van der Waals surface area contributed by atoms with Crippen molar-refractivity contribution in [1.29, 1.82) is 0 Å². The fourth-order valence-corrected chi connectivity index (χ4v) is 6.04. The van der Waals surface area contributed by atoms with Crippen molar-refractivity contribution in [1.82, 2.24) is 0 Å². The summed E-state index contributed by atoms with van der Waals surface area (Å²) < 4.78 is 5.64. The highest BCUT2D eigenvalue weighted by Gasteiger charge is 2.52. The molecule has 1 aliphatic carbocycles. The Morgan fingerprint density at radius 3 is 1.96 bits per heavy atom. The second-order valence-corrected chi connectivity index (χ2v) is 8.95. The van der Waals surface area contributed by atoms with Crippen LogP contribution < -0.4 is 0 Å². The molecule has 0 saturated heterocycles. The van der Waals surface area contributed by atoms with E-state index in [-0.39, 0.29) is 10.5 Å². The third-order valence-corrected chi connectivity index (χ3v) is 7.47. The van der Waals surface area contributed by atoms with Gasteiger partial charge in [0.05, 0.1) is 6.11 Å². The summed E-state index contributed by atoms with van der Waals surface area (Å²) in [6, 6.07) is 21.9. The van der Waals surface area contributed by atoms with Gasteiger partial charge in [-0.25, -0.2) is 0 Å². The van der Waals surface area contributed by atoms with E-state index >= 15 is 0 Å². The molecule has 1 nitrogen and oxygen atoms in total. The summed E-state index contributed by atoms with van der Waals surface area (Å²) in [6.07, 6.45) is 12.7. The zero-order valence-electron chi connectivity index (χ0n) is 13.8. The lowest BCUT2D eigenvalue weighted by atomic mass is 9.59. The standard InChI is InChI=1S/C21H24OSi/c1-3-22-23-20(2)16-10-11-17-21(20,18-12-6-4-7-13-18)19-14-8-5-9-15-19/h1,4-9,12-15H,10-11,16-17,23H2,2H3. The Kier molecular flexibility index (Phi) is 4.59. The lowest BCUT2D eigenvalue weighted by Gasteiger charge is -2.52. The number of benzene rings is 2. The second kappa shape index (κ2) is 6.64. The van der Waals surface area contributed by atoms with Crippen molar-refractivity contribution in [3.8, 4) is 12.5 Å². The van der Waals surface area contributed by atoms with Gasteiger partial charge in [0.25, 0.3) is 0 Å². The first-order valence-corrected chi connectivity index (χ1v) is 9.70. The maximum atomic E-state index is 5.64. The first-order chi connectivity index (χ1) is 11.2. The summed E-state index contributed by atoms with van der Waals surface area (Å²) in [5.41, 5.74) is 2.82. The first kappa shape index (κ1) is 15.9. The molecule has 0 aromatic heterocycles. The topological polar surface area (TPSA) is 9.23 Å². The first-order valence-electron chi connectivity index (χ1n) is 8.41. The van der Waals surface area contributed by atoms with E-state index in [9.17, 15) is 0 Å². The molecule has 118 valence electrons. The van der Waals surface area contributed by atoms with Crippen LogP contribution in [0.25, 0.3) is 0 Å². The predicted molar refractivity (Wildman–Crippen MR) is 99.0 cm³/mol. The molecule has 0 aliphatic heterocycles. The van der Waals surface area contributed by atoms with Crippen LogP contribution in [0.4, 0.5) is 0 Å². The van der Waals surface area contributed by atoms with E-state index in [1.807, 2.05) is 0 Å². The molecule has 0 radical (unpaired) electrons. The molecule has 0 spiro atoms. The number of terminal acetylenes is 1. The molecule has 1 aliphatic rings. The fraction of sp³-hybridized carbons (Fsp3) is 0.333. The minimum Gasteiger partial charge on any atom is -0.508 e. The highest BCUT2D eigenvalue weighted by molar-refractivity contribution is 6.33. The summed E-state index contributed by atoms with van der Waals surface area (Å²) in [7, 11) is -0.859. The maximum absolute atomic E-state index is 5.64. The minimum absolute atomic E-state index is 0.0108. The van der Waals surface area contributed by atoms with Crippen LogP contribution in [0.15, 0.2) is 60.7 Å². The predicted octanol–water partition coefficient (Wildman–Crippen LogP) is 4.42. The van der Waals surface area contributed by atoms with E-state index < -0.39 is 9.76 Å². The molecule has 1 saturated carbocycles. The molecular weight excluding hydrogens is 296 g/mol. The van der Waals surface area contributed by atoms with Crippen molar-refractivity contribution in [2.45, 2.75) is 43.1 Å². The molecule has 23 heavy (non-hydrogen) atoms. The Hall–Kier alpha value is -1.98. The highest BCUT2D eigenvalue weighted by atomic mass is 28.2. The number of hydrogen-bond donors (Lipinski definition) is 0. The average molecular weight is 321 g/mol. The Morgan fingerprint density at radius 2 is 1.43 bits per heavy atom. The Balaban J connectivity index is 2.20. The lowest BCUT2D eigenvalue weighted by Crippen LogP contribution is -2.46. The highest BCUT2D eigenvalue weighted by Crippen LogP contribution is 2.60. The van der Waals surface area contributed by atoms with Crippen molar-refractivity contribution >= 4 is 9.76 Å². The van der Waals surface area contributed by atoms with Crippen molar-refractivity contribution in [2.24, 2.45) is 0 Å². The smallest absolute Gasteiger partial charge is 0.242 e. The summed E-state index contributed by atoms with van der Waals surface area (Å²) in [4.78, 5) is 0. The van der Waals surface area contributed by atoms with Gasteiger partial charge in [-0.2, -0.15) is 0 Å². The van der Waals surface area contributed by atoms with Crippen LogP contribution in [0.5, 0.6) is 0 Å². The largest absolute Gasteiger partial charge is 0.508 e. The molecule has 0 bridgehead atoms. The van der Waals surface area contributed by atoms with Gasteiger partial charge >= 0.3 is 0 Å². The van der Waals surface area contributed by atoms with E-state index in [2.05, 4.69) is 73.7 Å². The third-order valence-electron chi connectivity index (χ3n) is 5.57. The quantitative estimate of drug-likeness (QED) is 0.599. The van der Waals surface area contributed by atoms with Gasteiger partial charge in [0.15, 0.2) is 0 Å². The van der Waals surface area contributed by atoms with Crippen molar-refractivity contribution in [3.63, 3.8) is 0 Å². The average Bonchev–Trinajstić information content (AvgIpc) is 2.62. The Morgan fingerprint density at radius 1 is 0.913 bits per heavy atom. The van der Waals surface area contributed by atoms with Crippen LogP contribution in [-0.2, 0) is 9.84 Å². The summed E-state index contributed by atoms with van der Waals surface area (Å²) in [5.74, 6) is 0. The Labute approximate surface area is 142 Å². The fourth-order valence-electron chi connectivity index (χ4n) is 4.41. The van der Waals surface area contributed by atoms with Gasteiger partial charge < -0.3 is 4.43 Å². The molecule has 0 heterocycles. The molecule has 3 rings (SSSR count). The minimum atomic E-state index is -0.859.